The van der Waals surface area contributed by atoms with Gasteiger partial charge >= 0.3 is 0 Å². The monoisotopic (exact) mass is 530 g/mol. The quantitative estimate of drug-likeness (QED) is 0.453. The van der Waals surface area contributed by atoms with Crippen molar-refractivity contribution in [2.24, 2.45) is 5.92 Å². The Bertz CT molecular complexity index is 1140. The molecule has 0 spiro atoms. The van der Waals surface area contributed by atoms with E-state index in [1.165, 1.54) is 12.1 Å². The number of nitrogens with one attached hydrogen (secondary N) is 1. The summed E-state index contributed by atoms with van der Waals surface area (Å²) in [5.74, 6) is 0.387. The summed E-state index contributed by atoms with van der Waals surface area (Å²) in [6, 6.07) is 8.51. The van der Waals surface area contributed by atoms with E-state index in [0.29, 0.717) is 28.3 Å². The van der Waals surface area contributed by atoms with Gasteiger partial charge in [-0.05, 0) is 79.9 Å². The van der Waals surface area contributed by atoms with Gasteiger partial charge in [0.1, 0.15) is 17.8 Å². The topological polar surface area (TPSA) is 78.9 Å². The number of hydrogen-bond acceptors (Lipinski definition) is 5. The van der Waals surface area contributed by atoms with Gasteiger partial charge in [0, 0.05) is 18.2 Å². The summed E-state index contributed by atoms with van der Waals surface area (Å²) in [6.45, 7) is 3.16. The number of hydrogen-bond donors (Lipinski definition) is 2. The van der Waals surface area contributed by atoms with Crippen molar-refractivity contribution in [1.29, 1.82) is 0 Å². The number of halogens is 3. The highest BCUT2D eigenvalue weighted by Gasteiger charge is 2.30. The fourth-order valence-electron chi connectivity index (χ4n) is 4.32. The molecule has 2 aromatic carbocycles. The second kappa shape index (κ2) is 10.7. The van der Waals surface area contributed by atoms with E-state index in [9.17, 15) is 17.9 Å². The number of aliphatic hydroxyl groups is 1. The first kappa shape index (κ1) is 25.7. The molecule has 0 bridgehead atoms. The average molecular weight is 531 g/mol. The molecule has 1 atom stereocenters. The lowest BCUT2D eigenvalue weighted by atomic mass is 9.97. The largest absolute Gasteiger partial charge is 0.493 e. The molecule has 0 amide bonds. The van der Waals surface area contributed by atoms with Crippen molar-refractivity contribution in [1.82, 2.24) is 9.62 Å². The minimum absolute atomic E-state index is 0.0877. The summed E-state index contributed by atoms with van der Waals surface area (Å²) in [7, 11) is -3.68. The van der Waals surface area contributed by atoms with Crippen molar-refractivity contribution in [3.8, 4) is 5.75 Å². The lowest BCUT2D eigenvalue weighted by Gasteiger charge is -2.32. The molecule has 6 nitrogen and oxygen atoms in total. The normalized spacial score (nSPS) is 18.7. The highest BCUT2D eigenvalue weighted by Crippen LogP contribution is 2.45. The second-order valence-corrected chi connectivity index (χ2v) is 11.9. The first-order valence-electron chi connectivity index (χ1n) is 11.4. The van der Waals surface area contributed by atoms with Crippen LogP contribution in [-0.2, 0) is 16.6 Å². The average Bonchev–Trinajstić information content (AvgIpc) is 3.60. The number of benzene rings is 2. The molecule has 1 aliphatic carbocycles. The molecular formula is C24H29Cl2FN2O4S. The van der Waals surface area contributed by atoms with Gasteiger partial charge in [0.15, 0.2) is 0 Å². The first-order valence-corrected chi connectivity index (χ1v) is 14.0. The minimum Gasteiger partial charge on any atom is -0.493 e. The smallest absolute Gasteiger partial charge is 0.211 e. The number of ether oxygens (including phenoxy) is 1. The summed E-state index contributed by atoms with van der Waals surface area (Å²) in [5.41, 5.74) is 1.86. The zero-order valence-corrected chi connectivity index (χ0v) is 21.3. The van der Waals surface area contributed by atoms with Crippen LogP contribution in [0.1, 0.15) is 54.5 Å². The summed E-state index contributed by atoms with van der Waals surface area (Å²) < 4.78 is 45.7. The van der Waals surface area contributed by atoms with E-state index in [1.807, 2.05) is 22.9 Å². The fourth-order valence-corrected chi connectivity index (χ4v) is 5.17. The summed E-state index contributed by atoms with van der Waals surface area (Å²) in [5, 5.41) is 11.3. The number of sulfonamides is 1. The van der Waals surface area contributed by atoms with Gasteiger partial charge in [-0.1, -0.05) is 29.3 Å². The van der Waals surface area contributed by atoms with Crippen LogP contribution in [0.2, 0.25) is 10.0 Å². The Morgan fingerprint density at radius 3 is 2.47 bits per heavy atom. The van der Waals surface area contributed by atoms with Gasteiger partial charge in [-0.15, -0.1) is 0 Å². The predicted octanol–water partition coefficient (Wildman–Crippen LogP) is 4.84. The van der Waals surface area contributed by atoms with Crippen LogP contribution in [0, 0.1) is 11.7 Å². The zero-order chi connectivity index (χ0) is 24.5. The van der Waals surface area contributed by atoms with Crippen LogP contribution in [0.3, 0.4) is 0 Å². The number of aliphatic hydroxyl groups excluding tert-OH is 1. The lowest BCUT2D eigenvalue weighted by Crippen LogP contribution is -2.35. The Labute approximate surface area is 210 Å². The lowest BCUT2D eigenvalue weighted by molar-refractivity contribution is 0.135. The van der Waals surface area contributed by atoms with E-state index in [4.69, 9.17) is 27.9 Å². The molecule has 1 heterocycles. The number of rotatable bonds is 9. The van der Waals surface area contributed by atoms with Crippen LogP contribution in [0.15, 0.2) is 30.3 Å². The van der Waals surface area contributed by atoms with E-state index in [2.05, 4.69) is 4.90 Å². The fraction of sp³-hybridized carbons (Fsp3) is 0.500. The van der Waals surface area contributed by atoms with Crippen molar-refractivity contribution in [2.75, 3.05) is 26.0 Å². The summed E-state index contributed by atoms with van der Waals surface area (Å²) in [4.78, 5) is 2.37. The summed E-state index contributed by atoms with van der Waals surface area (Å²) in [6.07, 6.45) is 3.15. The van der Waals surface area contributed by atoms with Gasteiger partial charge in [-0.25, -0.2) is 12.8 Å². The number of likely N-dealkylation sites (tertiary alicyclic amines) is 1. The third kappa shape index (κ3) is 6.83. The van der Waals surface area contributed by atoms with Gasteiger partial charge in [0.25, 0.3) is 0 Å². The third-order valence-electron chi connectivity index (χ3n) is 6.34. The third-order valence-corrected chi connectivity index (χ3v) is 7.73. The molecular weight excluding hydrogens is 502 g/mol. The van der Waals surface area contributed by atoms with Crippen LogP contribution in [0.4, 0.5) is 4.39 Å². The molecule has 2 fully saturated rings. The number of nitrogens with zero attached hydrogens (tertiary/aromatic N) is 1. The SMILES string of the molecule is CS(=O)(=O)NC(O)c1cc(C2CC2)c(OCC2CCN(Cc3ccc(Cl)c(Cl)c3)CC2)cc1F. The molecule has 2 N–H and O–H groups in total. The van der Waals surface area contributed by atoms with Crippen molar-refractivity contribution in [3.05, 3.63) is 62.9 Å². The van der Waals surface area contributed by atoms with Crippen molar-refractivity contribution in [2.45, 2.75) is 44.4 Å². The highest BCUT2D eigenvalue weighted by atomic mass is 35.5. The van der Waals surface area contributed by atoms with E-state index >= 15 is 0 Å². The molecule has 2 aliphatic rings. The van der Waals surface area contributed by atoms with Crippen molar-refractivity contribution >= 4 is 33.2 Å². The van der Waals surface area contributed by atoms with Crippen molar-refractivity contribution < 1.29 is 22.7 Å². The maximum atomic E-state index is 14.7. The Hall–Kier alpha value is -1.42. The number of piperidine rings is 1. The molecule has 34 heavy (non-hydrogen) atoms. The maximum Gasteiger partial charge on any atom is 0.211 e. The minimum atomic E-state index is -3.68. The van der Waals surface area contributed by atoms with Crippen LogP contribution < -0.4 is 9.46 Å². The van der Waals surface area contributed by atoms with Crippen LogP contribution in [-0.4, -0.2) is 44.4 Å². The van der Waals surface area contributed by atoms with Crippen molar-refractivity contribution in [3.63, 3.8) is 0 Å². The van der Waals surface area contributed by atoms with Gasteiger partial charge in [0.05, 0.1) is 22.9 Å². The van der Waals surface area contributed by atoms with Crippen LogP contribution in [0.5, 0.6) is 5.75 Å². The molecule has 4 rings (SSSR count). The highest BCUT2D eigenvalue weighted by molar-refractivity contribution is 7.88. The Morgan fingerprint density at radius 1 is 1.15 bits per heavy atom. The molecule has 0 aromatic heterocycles. The maximum absolute atomic E-state index is 14.7. The Kier molecular flexibility index (Phi) is 8.06. The van der Waals surface area contributed by atoms with Gasteiger partial charge < -0.3 is 9.84 Å². The molecule has 1 aliphatic heterocycles. The molecule has 1 unspecified atom stereocenters. The van der Waals surface area contributed by atoms with E-state index in [0.717, 1.165) is 62.7 Å². The zero-order valence-electron chi connectivity index (χ0n) is 18.9. The standard InChI is InChI=1S/C24H29Cl2FN2O4S/c1-34(31,32)28-24(30)19-11-18(17-3-4-17)23(12-22(19)27)33-14-15-6-8-29(9-7-15)13-16-2-5-20(25)21(26)10-16/h2,5,10-12,15,17,24,28,30H,3-4,6-9,13-14H2,1H3. The van der Waals surface area contributed by atoms with E-state index in [1.54, 1.807) is 0 Å². The van der Waals surface area contributed by atoms with Gasteiger partial charge in [-0.3, -0.25) is 4.90 Å². The Balaban J connectivity index is 1.34. The Morgan fingerprint density at radius 2 is 1.85 bits per heavy atom. The molecule has 0 radical (unpaired) electrons. The van der Waals surface area contributed by atoms with Gasteiger partial charge in [0.2, 0.25) is 10.0 Å². The molecule has 10 heteroatoms. The second-order valence-electron chi connectivity index (χ2n) is 9.26. The molecule has 1 saturated carbocycles. The van der Waals surface area contributed by atoms with E-state index in [-0.39, 0.29) is 11.5 Å². The molecule has 2 aromatic rings. The predicted molar refractivity (Wildman–Crippen MR) is 131 cm³/mol. The van der Waals surface area contributed by atoms with Crippen LogP contribution in [0.25, 0.3) is 0 Å². The summed E-state index contributed by atoms with van der Waals surface area (Å²) >= 11 is 12.1. The van der Waals surface area contributed by atoms with Crippen LogP contribution >= 0.6 is 23.2 Å². The van der Waals surface area contributed by atoms with Gasteiger partial charge in [-0.2, -0.15) is 4.72 Å². The van der Waals surface area contributed by atoms with E-state index < -0.39 is 22.1 Å². The first-order chi connectivity index (χ1) is 16.1. The molecule has 1 saturated heterocycles. The molecule has 186 valence electrons.